The molecule has 0 bridgehead atoms. The van der Waals surface area contributed by atoms with Crippen LogP contribution >= 0.6 is 0 Å². The summed E-state index contributed by atoms with van der Waals surface area (Å²) < 4.78 is 26.1. The minimum atomic E-state index is -0.744. The Hall–Kier alpha value is -4.12. The molecule has 0 aliphatic carbocycles. The second-order valence-corrected chi connectivity index (χ2v) is 5.62. The molecule has 30 heavy (non-hydrogen) atoms. The maximum absolute atomic E-state index is 15.2. The van der Waals surface area contributed by atoms with E-state index in [9.17, 15) is 4.79 Å². The van der Waals surface area contributed by atoms with Gasteiger partial charge in [-0.1, -0.05) is 26.0 Å². The Balaban J connectivity index is 0.00000234. The Kier molecular flexibility index (Phi) is 7.71. The highest BCUT2D eigenvalue weighted by Crippen LogP contribution is 2.39. The van der Waals surface area contributed by atoms with Gasteiger partial charge in [0.15, 0.2) is 11.6 Å². The van der Waals surface area contributed by atoms with E-state index < -0.39 is 11.8 Å². The molecular formula is C22H25FN4O3. The minimum absolute atomic E-state index is 0. The van der Waals surface area contributed by atoms with E-state index in [4.69, 9.17) is 20.5 Å². The van der Waals surface area contributed by atoms with E-state index in [2.05, 4.69) is 10.3 Å². The summed E-state index contributed by atoms with van der Waals surface area (Å²) in [5.41, 5.74) is 6.08. The van der Waals surface area contributed by atoms with Crippen molar-refractivity contribution in [3.63, 3.8) is 0 Å². The van der Waals surface area contributed by atoms with E-state index in [0.29, 0.717) is 16.9 Å². The van der Waals surface area contributed by atoms with Gasteiger partial charge in [0.1, 0.15) is 17.3 Å². The Morgan fingerprint density at radius 3 is 2.53 bits per heavy atom. The molecule has 0 spiro atoms. The molecule has 2 aromatic carbocycles. The highest BCUT2D eigenvalue weighted by atomic mass is 19.1. The summed E-state index contributed by atoms with van der Waals surface area (Å²) >= 11 is 0. The molecule has 3 rings (SSSR count). The molecule has 3 aromatic rings. The summed E-state index contributed by atoms with van der Waals surface area (Å²) in [4.78, 5) is 14.8. The van der Waals surface area contributed by atoms with Crippen LogP contribution in [0.15, 0.2) is 54.7 Å². The molecule has 7 nitrogen and oxygen atoms in total. The van der Waals surface area contributed by atoms with Gasteiger partial charge in [0.25, 0.3) is 0 Å². The second-order valence-electron chi connectivity index (χ2n) is 5.62. The third kappa shape index (κ3) is 5.23. The molecule has 0 saturated heterocycles. The molecular weight excluding hydrogens is 387 g/mol. The number of nitrogens with one attached hydrogen (secondary N) is 1. The zero-order valence-electron chi connectivity index (χ0n) is 16.8. The summed E-state index contributed by atoms with van der Waals surface area (Å²) in [5, 5.41) is 11.4. The van der Waals surface area contributed by atoms with Gasteiger partial charge in [0.05, 0.1) is 30.5 Å². The van der Waals surface area contributed by atoms with Gasteiger partial charge in [0.2, 0.25) is 0 Å². The van der Waals surface area contributed by atoms with E-state index >= 15 is 4.39 Å². The van der Waals surface area contributed by atoms with E-state index in [1.165, 1.54) is 31.5 Å². The zero-order chi connectivity index (χ0) is 22.1. The molecule has 1 heterocycles. The van der Waals surface area contributed by atoms with Crippen molar-refractivity contribution in [2.24, 2.45) is 5.73 Å². The van der Waals surface area contributed by atoms with E-state index in [1.54, 1.807) is 30.3 Å². The summed E-state index contributed by atoms with van der Waals surface area (Å²) in [7, 11) is 1.43. The molecule has 0 aliphatic heterocycles. The molecule has 0 fully saturated rings. The van der Waals surface area contributed by atoms with E-state index in [0.717, 1.165) is 0 Å². The normalized spacial score (nSPS) is 9.57. The highest BCUT2D eigenvalue weighted by Gasteiger charge is 2.18. The van der Waals surface area contributed by atoms with E-state index in [-0.39, 0.29) is 25.7 Å². The number of methoxy groups -OCH3 is 1. The quantitative estimate of drug-likeness (QED) is 0.569. The number of nitrogens with two attached hydrogens (primary N) is 1. The molecule has 158 valence electrons. The number of carbonyl (C=O) groups excluding carboxylic acids is 1. The molecule has 2 amide bonds. The fourth-order valence-corrected chi connectivity index (χ4v) is 2.57. The lowest BCUT2D eigenvalue weighted by Gasteiger charge is -2.14. The van der Waals surface area contributed by atoms with Crippen LogP contribution in [0, 0.1) is 17.1 Å². The highest BCUT2D eigenvalue weighted by molar-refractivity contribution is 5.86. The maximum Gasteiger partial charge on any atom is 0.317 e. The average Bonchev–Trinajstić information content (AvgIpc) is 2.77. The molecule has 1 aromatic heterocycles. The Bertz CT molecular complexity index is 1070. The first-order valence-electron chi connectivity index (χ1n) is 9.09. The number of aromatic nitrogens is 1. The molecule has 8 heteroatoms. The molecule has 0 radical (unpaired) electrons. The van der Waals surface area contributed by atoms with Crippen molar-refractivity contribution in [3.05, 3.63) is 66.1 Å². The number of rotatable bonds is 5. The number of halogens is 1. The van der Waals surface area contributed by atoms with Crippen molar-refractivity contribution < 1.29 is 21.5 Å². The van der Waals surface area contributed by atoms with Crippen LogP contribution in [0.2, 0.25) is 0 Å². The number of nitriles is 1. The van der Waals surface area contributed by atoms with Gasteiger partial charge < -0.3 is 15.2 Å². The van der Waals surface area contributed by atoms with Crippen molar-refractivity contribution in [1.29, 1.82) is 5.26 Å². The SMILES string of the molecule is CC.COc1ccc(Oc2ccc(NC(N)=O)nc2)c(F)c1-c1cccc(C#N)c1.[HH].[HH]. The number of hydrogen-bond donors (Lipinski definition) is 2. The first-order valence-corrected chi connectivity index (χ1v) is 9.09. The van der Waals surface area contributed by atoms with Gasteiger partial charge in [-0.2, -0.15) is 5.26 Å². The summed E-state index contributed by atoms with van der Waals surface area (Å²) in [5.74, 6) is 0.114. The van der Waals surface area contributed by atoms with Crippen LogP contribution in [0.1, 0.15) is 22.3 Å². The van der Waals surface area contributed by atoms with Crippen molar-refractivity contribution >= 4 is 11.8 Å². The Morgan fingerprint density at radius 1 is 1.20 bits per heavy atom. The lowest BCUT2D eigenvalue weighted by molar-refractivity contribution is 0.259. The van der Waals surface area contributed by atoms with Crippen LogP contribution in [-0.4, -0.2) is 18.1 Å². The Labute approximate surface area is 176 Å². The van der Waals surface area contributed by atoms with Crippen LogP contribution in [-0.2, 0) is 0 Å². The minimum Gasteiger partial charge on any atom is -0.496 e. The summed E-state index contributed by atoms with van der Waals surface area (Å²) in [6.45, 7) is 4.00. The van der Waals surface area contributed by atoms with Crippen LogP contribution in [0.3, 0.4) is 0 Å². The molecule has 0 unspecified atom stereocenters. The third-order valence-corrected chi connectivity index (χ3v) is 3.78. The van der Waals surface area contributed by atoms with Gasteiger partial charge in [0, 0.05) is 2.85 Å². The van der Waals surface area contributed by atoms with Crippen molar-refractivity contribution in [2.75, 3.05) is 12.4 Å². The lowest BCUT2D eigenvalue weighted by Crippen LogP contribution is -2.19. The Morgan fingerprint density at radius 2 is 1.93 bits per heavy atom. The van der Waals surface area contributed by atoms with E-state index in [1.807, 2.05) is 19.9 Å². The second kappa shape index (κ2) is 10.4. The topological polar surface area (TPSA) is 110 Å². The number of benzene rings is 2. The number of amides is 2. The zero-order valence-corrected chi connectivity index (χ0v) is 16.8. The molecule has 0 atom stereocenters. The largest absolute Gasteiger partial charge is 0.496 e. The van der Waals surface area contributed by atoms with Crippen LogP contribution < -0.4 is 20.5 Å². The molecule has 0 aliphatic rings. The van der Waals surface area contributed by atoms with Crippen molar-refractivity contribution in [1.82, 2.24) is 4.98 Å². The number of carbonyl (C=O) groups is 1. The van der Waals surface area contributed by atoms with Crippen LogP contribution in [0.4, 0.5) is 15.0 Å². The lowest BCUT2D eigenvalue weighted by atomic mass is 10.0. The fraction of sp³-hybridized carbons (Fsp3) is 0.136. The van der Waals surface area contributed by atoms with Crippen molar-refractivity contribution in [3.8, 4) is 34.4 Å². The predicted molar refractivity (Wildman–Crippen MR) is 116 cm³/mol. The number of anilines is 1. The summed E-state index contributed by atoms with van der Waals surface area (Å²) in [6, 6.07) is 13.8. The molecule has 3 N–H and O–H groups in total. The van der Waals surface area contributed by atoms with Gasteiger partial charge >= 0.3 is 6.03 Å². The number of pyridine rings is 1. The number of urea groups is 1. The van der Waals surface area contributed by atoms with Gasteiger partial charge in [-0.3, -0.25) is 5.32 Å². The first-order chi connectivity index (χ1) is 14.5. The third-order valence-electron chi connectivity index (χ3n) is 3.78. The van der Waals surface area contributed by atoms with Gasteiger partial charge in [-0.25, -0.2) is 14.2 Å². The first kappa shape index (κ1) is 22.2. The fourth-order valence-electron chi connectivity index (χ4n) is 2.57. The maximum atomic E-state index is 15.2. The number of ether oxygens (including phenoxy) is 2. The number of hydrogen-bond acceptors (Lipinski definition) is 5. The van der Waals surface area contributed by atoms with Crippen molar-refractivity contribution in [2.45, 2.75) is 13.8 Å². The van der Waals surface area contributed by atoms with Gasteiger partial charge in [-0.15, -0.1) is 0 Å². The van der Waals surface area contributed by atoms with Crippen LogP contribution in [0.25, 0.3) is 11.1 Å². The number of nitrogens with zero attached hydrogens (tertiary/aromatic N) is 2. The predicted octanol–water partition coefficient (Wildman–Crippen LogP) is 5.57. The standard InChI is InChI=1S/C20H15FN4O3.C2H6.2H2/c1-27-15-6-7-16(28-14-5-8-17(24-11-14)25-20(23)26)19(21)18(15)13-4-2-3-12(9-13)10-22;1-2;;/h2-9,11H,1H3,(H3,23,24,25,26);1-2H3;2*1H. The smallest absolute Gasteiger partial charge is 0.317 e. The summed E-state index contributed by atoms with van der Waals surface area (Å²) in [6.07, 6.45) is 1.32. The molecule has 0 saturated carbocycles. The average molecular weight is 412 g/mol. The van der Waals surface area contributed by atoms with Crippen LogP contribution in [0.5, 0.6) is 17.2 Å². The number of primary amides is 1. The monoisotopic (exact) mass is 412 g/mol. The van der Waals surface area contributed by atoms with Gasteiger partial charge in [-0.05, 0) is 42.0 Å².